The number of rotatable bonds is 4. The molecule has 0 spiro atoms. The predicted octanol–water partition coefficient (Wildman–Crippen LogP) is 4.63. The van der Waals surface area contributed by atoms with Gasteiger partial charge < -0.3 is 0 Å². The summed E-state index contributed by atoms with van der Waals surface area (Å²) in [7, 11) is 0. The quantitative estimate of drug-likeness (QED) is 0.437. The van der Waals surface area contributed by atoms with Gasteiger partial charge in [-0.3, -0.25) is 24.4 Å². The first-order chi connectivity index (χ1) is 14.0. The number of aromatic nitrogens is 2. The maximum absolute atomic E-state index is 12.8. The molecule has 6 nitrogen and oxygen atoms in total. The fraction of sp³-hybridized carbons (Fsp3) is 0.0500. The summed E-state index contributed by atoms with van der Waals surface area (Å²) in [4.78, 5) is 37.1. The lowest BCUT2D eigenvalue weighted by molar-refractivity contribution is -0.116. The molecular formula is C20H14N4O2S3. The number of thiocarbonyl (C=S) groups is 1. The van der Waals surface area contributed by atoms with E-state index in [2.05, 4.69) is 9.97 Å². The number of carbonyl (C=O) groups is 2. The molecule has 1 saturated heterocycles. The highest BCUT2D eigenvalue weighted by Gasteiger charge is 2.33. The van der Waals surface area contributed by atoms with Crippen molar-refractivity contribution in [2.45, 2.75) is 6.92 Å². The Morgan fingerprint density at radius 3 is 2.69 bits per heavy atom. The molecule has 2 amide bonds. The van der Waals surface area contributed by atoms with Gasteiger partial charge in [0.05, 0.1) is 28.2 Å². The van der Waals surface area contributed by atoms with Crippen LogP contribution in [-0.4, -0.2) is 26.1 Å². The van der Waals surface area contributed by atoms with E-state index < -0.39 is 0 Å². The Balaban J connectivity index is 1.62. The van der Waals surface area contributed by atoms with Gasteiger partial charge in [0.1, 0.15) is 0 Å². The van der Waals surface area contributed by atoms with E-state index in [1.165, 1.54) is 34.9 Å². The molecule has 4 rings (SSSR count). The molecule has 1 aliphatic heterocycles. The molecule has 29 heavy (non-hydrogen) atoms. The number of hydrogen-bond acceptors (Lipinski definition) is 7. The average Bonchev–Trinajstić information content (AvgIpc) is 3.27. The van der Waals surface area contributed by atoms with Crippen molar-refractivity contribution < 1.29 is 9.59 Å². The van der Waals surface area contributed by atoms with Crippen LogP contribution in [0.15, 0.2) is 65.1 Å². The molecule has 1 aliphatic rings. The van der Waals surface area contributed by atoms with E-state index in [1.54, 1.807) is 35.5 Å². The minimum absolute atomic E-state index is 0.139. The van der Waals surface area contributed by atoms with Crippen LogP contribution in [0.3, 0.4) is 0 Å². The Morgan fingerprint density at radius 2 is 2.00 bits per heavy atom. The molecule has 1 aromatic carbocycles. The highest BCUT2D eigenvalue weighted by molar-refractivity contribution is 8.27. The van der Waals surface area contributed by atoms with Gasteiger partial charge in [0, 0.05) is 18.5 Å². The van der Waals surface area contributed by atoms with E-state index in [4.69, 9.17) is 12.2 Å². The number of pyridine rings is 1. The molecule has 9 heteroatoms. The Kier molecular flexibility index (Phi) is 5.52. The molecule has 1 fully saturated rings. The van der Waals surface area contributed by atoms with Gasteiger partial charge in [-0.05, 0) is 30.3 Å². The Hall–Kier alpha value is -2.88. The summed E-state index contributed by atoms with van der Waals surface area (Å²) in [5.74, 6) is -0.353. The van der Waals surface area contributed by atoms with Crippen molar-refractivity contribution in [1.82, 2.24) is 9.97 Å². The maximum Gasteiger partial charge on any atom is 0.270 e. The summed E-state index contributed by atoms with van der Waals surface area (Å²) in [5, 5.41) is 2.35. The molecule has 0 atom stereocenters. The lowest BCUT2D eigenvalue weighted by Crippen LogP contribution is -2.27. The number of benzene rings is 1. The van der Waals surface area contributed by atoms with Crippen molar-refractivity contribution in [3.8, 4) is 0 Å². The zero-order valence-corrected chi connectivity index (χ0v) is 17.6. The van der Waals surface area contributed by atoms with Crippen LogP contribution >= 0.6 is 35.3 Å². The van der Waals surface area contributed by atoms with Crippen LogP contribution < -0.4 is 9.80 Å². The Morgan fingerprint density at radius 1 is 1.21 bits per heavy atom. The third kappa shape index (κ3) is 3.98. The van der Waals surface area contributed by atoms with Gasteiger partial charge in [-0.25, -0.2) is 4.98 Å². The van der Waals surface area contributed by atoms with E-state index in [0.717, 1.165) is 5.69 Å². The molecule has 2 aromatic heterocycles. The van der Waals surface area contributed by atoms with E-state index >= 15 is 0 Å². The minimum atomic E-state index is -0.214. The lowest BCUT2D eigenvalue weighted by Gasteiger charge is -2.17. The van der Waals surface area contributed by atoms with Gasteiger partial charge in [0.25, 0.3) is 5.91 Å². The van der Waals surface area contributed by atoms with Crippen molar-refractivity contribution in [1.29, 1.82) is 0 Å². The van der Waals surface area contributed by atoms with Crippen molar-refractivity contribution in [2.24, 2.45) is 0 Å². The second kappa shape index (κ2) is 8.24. The fourth-order valence-corrected chi connectivity index (χ4v) is 4.89. The van der Waals surface area contributed by atoms with E-state index in [0.29, 0.717) is 25.7 Å². The molecule has 3 aromatic rings. The van der Waals surface area contributed by atoms with E-state index in [1.807, 2.05) is 35.7 Å². The number of thioether (sulfide) groups is 1. The smallest absolute Gasteiger partial charge is 0.270 e. The topological polar surface area (TPSA) is 66.4 Å². The lowest BCUT2D eigenvalue weighted by atomic mass is 10.3. The second-order valence-corrected chi connectivity index (χ2v) is 8.49. The van der Waals surface area contributed by atoms with Crippen LogP contribution in [0.1, 0.15) is 12.6 Å². The van der Waals surface area contributed by atoms with Crippen LogP contribution in [0.2, 0.25) is 0 Å². The SMILES string of the molecule is CC(=O)N(c1ccccc1)c1nc(/C=C2\SC(=S)N(c3cccnc3)C2=O)cs1. The summed E-state index contributed by atoms with van der Waals surface area (Å²) in [6.45, 7) is 1.49. The first-order valence-corrected chi connectivity index (χ1v) is 10.6. The monoisotopic (exact) mass is 438 g/mol. The van der Waals surface area contributed by atoms with Gasteiger partial charge in [-0.2, -0.15) is 0 Å². The number of carbonyl (C=O) groups excluding carboxylic acids is 2. The number of thiazole rings is 1. The predicted molar refractivity (Wildman–Crippen MR) is 121 cm³/mol. The number of hydrogen-bond donors (Lipinski definition) is 0. The number of para-hydroxylation sites is 1. The molecule has 0 aliphatic carbocycles. The first kappa shape index (κ1) is 19.4. The molecular weight excluding hydrogens is 424 g/mol. The summed E-state index contributed by atoms with van der Waals surface area (Å²) in [6, 6.07) is 12.9. The molecule has 0 bridgehead atoms. The summed E-state index contributed by atoms with van der Waals surface area (Å²) in [5.41, 5.74) is 1.96. The average molecular weight is 439 g/mol. The van der Waals surface area contributed by atoms with Crippen LogP contribution in [0.5, 0.6) is 0 Å². The van der Waals surface area contributed by atoms with Crippen LogP contribution in [0.25, 0.3) is 6.08 Å². The highest BCUT2D eigenvalue weighted by atomic mass is 32.2. The number of nitrogens with zero attached hydrogens (tertiary/aromatic N) is 4. The Bertz CT molecular complexity index is 1110. The van der Waals surface area contributed by atoms with Crippen LogP contribution in [0.4, 0.5) is 16.5 Å². The molecule has 0 saturated carbocycles. The first-order valence-electron chi connectivity index (χ1n) is 8.54. The van der Waals surface area contributed by atoms with E-state index in [-0.39, 0.29) is 11.8 Å². The maximum atomic E-state index is 12.8. The highest BCUT2D eigenvalue weighted by Crippen LogP contribution is 2.36. The van der Waals surface area contributed by atoms with Gasteiger partial charge in [0.2, 0.25) is 5.91 Å². The largest absolute Gasteiger partial charge is 0.274 e. The number of anilines is 3. The molecule has 0 radical (unpaired) electrons. The van der Waals surface area contributed by atoms with E-state index in [9.17, 15) is 9.59 Å². The van der Waals surface area contributed by atoms with Crippen LogP contribution in [0, 0.1) is 0 Å². The molecule has 3 heterocycles. The van der Waals surface area contributed by atoms with Crippen LogP contribution in [-0.2, 0) is 9.59 Å². The zero-order valence-electron chi connectivity index (χ0n) is 15.2. The summed E-state index contributed by atoms with van der Waals surface area (Å²) < 4.78 is 0.444. The molecule has 0 N–H and O–H groups in total. The van der Waals surface area contributed by atoms with Gasteiger partial charge in [-0.15, -0.1) is 11.3 Å². The van der Waals surface area contributed by atoms with Crippen molar-refractivity contribution in [3.05, 3.63) is 70.8 Å². The second-order valence-electron chi connectivity index (χ2n) is 5.97. The van der Waals surface area contributed by atoms with Gasteiger partial charge >= 0.3 is 0 Å². The normalized spacial score (nSPS) is 15.2. The standard InChI is InChI=1S/C20H14N4O2S3/c1-13(25)23(15-6-3-2-4-7-15)19-22-14(12-28-19)10-17-18(26)24(20(27)29-17)16-8-5-9-21-11-16/h2-12H,1H3/b17-10-. The van der Waals surface area contributed by atoms with Crippen molar-refractivity contribution >= 4 is 74.0 Å². The summed E-state index contributed by atoms with van der Waals surface area (Å²) in [6.07, 6.45) is 4.93. The molecule has 144 valence electrons. The Labute approximate surface area is 180 Å². The number of amides is 2. The summed E-state index contributed by atoms with van der Waals surface area (Å²) >= 11 is 7.92. The third-order valence-corrected chi connectivity index (χ3v) is 6.15. The fourth-order valence-electron chi connectivity index (χ4n) is 2.76. The zero-order chi connectivity index (χ0) is 20.4. The van der Waals surface area contributed by atoms with Gasteiger partial charge in [-0.1, -0.05) is 42.2 Å². The minimum Gasteiger partial charge on any atom is -0.274 e. The third-order valence-electron chi connectivity index (χ3n) is 4.01. The van der Waals surface area contributed by atoms with Crippen molar-refractivity contribution in [3.63, 3.8) is 0 Å². The van der Waals surface area contributed by atoms with Gasteiger partial charge in [0.15, 0.2) is 9.45 Å². The van der Waals surface area contributed by atoms with Crippen molar-refractivity contribution in [2.75, 3.05) is 9.80 Å². The molecule has 0 unspecified atom stereocenters.